The summed E-state index contributed by atoms with van der Waals surface area (Å²) in [4.78, 5) is 11.5. The van der Waals surface area contributed by atoms with Gasteiger partial charge in [-0.15, -0.1) is 0 Å². The van der Waals surface area contributed by atoms with Crippen molar-refractivity contribution in [3.05, 3.63) is 23.8 Å². The molecule has 86 valence electrons. The maximum atomic E-state index is 11.5. The van der Waals surface area contributed by atoms with Crippen LogP contribution in [0, 0.1) is 0 Å². The van der Waals surface area contributed by atoms with Gasteiger partial charge in [-0.05, 0) is 12.1 Å². The number of rotatable bonds is 1. The fraction of sp³-hybridized carbons (Fsp3) is 0.364. The molecule has 0 saturated carbocycles. The van der Waals surface area contributed by atoms with Gasteiger partial charge in [-0.1, -0.05) is 6.07 Å². The minimum absolute atomic E-state index is 0.356. The molecule has 5 nitrogen and oxygen atoms in total. The van der Waals surface area contributed by atoms with Gasteiger partial charge < -0.3 is 14.2 Å². The summed E-state index contributed by atoms with van der Waals surface area (Å²) in [6.07, 6.45) is 0.170. The first-order valence-electron chi connectivity index (χ1n) is 4.98. The Bertz CT molecular complexity index is 405. The van der Waals surface area contributed by atoms with Crippen LogP contribution in [-0.4, -0.2) is 25.9 Å². The van der Waals surface area contributed by atoms with Crippen molar-refractivity contribution in [2.75, 3.05) is 13.7 Å². The normalized spacial score (nSPS) is 18.8. The Hall–Kier alpha value is -1.75. The van der Waals surface area contributed by atoms with Crippen LogP contribution in [0.25, 0.3) is 0 Å². The highest BCUT2D eigenvalue weighted by atomic mass is 16.5. The largest absolute Gasteiger partial charge is 0.489 e. The molecule has 1 atom stereocenters. The minimum atomic E-state index is -0.448. The smallest absolute Gasteiger partial charge is 0.341 e. The van der Waals surface area contributed by atoms with Crippen LogP contribution >= 0.6 is 0 Å². The molecule has 5 heteroatoms. The van der Waals surface area contributed by atoms with Crippen LogP contribution in [0.4, 0.5) is 0 Å². The van der Waals surface area contributed by atoms with Gasteiger partial charge in [0.25, 0.3) is 0 Å². The predicted octanol–water partition coefficient (Wildman–Crippen LogP) is 0.919. The van der Waals surface area contributed by atoms with Crippen LogP contribution in [0.5, 0.6) is 11.5 Å². The summed E-state index contributed by atoms with van der Waals surface area (Å²) >= 11 is 0. The average molecular weight is 223 g/mol. The van der Waals surface area contributed by atoms with E-state index in [2.05, 4.69) is 4.74 Å². The van der Waals surface area contributed by atoms with E-state index in [4.69, 9.17) is 15.2 Å². The van der Waals surface area contributed by atoms with Crippen LogP contribution in [0.3, 0.4) is 0 Å². The number of para-hydroxylation sites is 1. The second-order valence-electron chi connectivity index (χ2n) is 3.42. The summed E-state index contributed by atoms with van der Waals surface area (Å²) in [6.45, 7) is 0.419. The zero-order chi connectivity index (χ0) is 11.5. The number of carbonyl (C=O) groups excluding carboxylic acids is 1. The van der Waals surface area contributed by atoms with E-state index < -0.39 is 12.2 Å². The third-order valence-corrected chi connectivity index (χ3v) is 2.31. The van der Waals surface area contributed by atoms with Gasteiger partial charge in [0.15, 0.2) is 17.7 Å². The Morgan fingerprint density at radius 2 is 2.38 bits per heavy atom. The number of benzene rings is 1. The quantitative estimate of drug-likeness (QED) is 0.717. The fourth-order valence-electron chi connectivity index (χ4n) is 1.53. The van der Waals surface area contributed by atoms with Crippen LogP contribution in [-0.2, 0) is 4.74 Å². The number of esters is 1. The summed E-state index contributed by atoms with van der Waals surface area (Å²) in [5.41, 5.74) is 6.05. The molecule has 0 aliphatic carbocycles. The lowest BCUT2D eigenvalue weighted by Gasteiger charge is -2.12. The molecular weight excluding hydrogens is 210 g/mol. The van der Waals surface area contributed by atoms with Gasteiger partial charge in [0.2, 0.25) is 0 Å². The molecule has 2 rings (SSSR count). The highest BCUT2D eigenvalue weighted by Gasteiger charge is 2.22. The number of hydrogen-bond acceptors (Lipinski definition) is 5. The predicted molar refractivity (Wildman–Crippen MR) is 56.5 cm³/mol. The fourth-order valence-corrected chi connectivity index (χ4v) is 1.53. The third-order valence-electron chi connectivity index (χ3n) is 2.31. The molecular formula is C11H13NO4. The minimum Gasteiger partial charge on any atom is -0.489 e. The maximum Gasteiger partial charge on any atom is 0.341 e. The Morgan fingerprint density at radius 1 is 1.56 bits per heavy atom. The van der Waals surface area contributed by atoms with Crippen molar-refractivity contribution < 1.29 is 19.0 Å². The number of carbonyl (C=O) groups is 1. The Labute approximate surface area is 93.1 Å². The van der Waals surface area contributed by atoms with Crippen LogP contribution in [0.2, 0.25) is 0 Å². The van der Waals surface area contributed by atoms with Gasteiger partial charge in [0.05, 0.1) is 13.7 Å². The first kappa shape index (κ1) is 10.8. The number of hydrogen-bond donors (Lipinski definition) is 1. The molecule has 16 heavy (non-hydrogen) atoms. The SMILES string of the molecule is COC(=O)c1cccc2c1OCCC(N)O2. The number of fused-ring (bicyclic) bond motifs is 1. The van der Waals surface area contributed by atoms with Crippen molar-refractivity contribution in [2.24, 2.45) is 5.73 Å². The molecule has 0 radical (unpaired) electrons. The third kappa shape index (κ3) is 1.94. The van der Waals surface area contributed by atoms with E-state index in [0.717, 1.165) is 0 Å². The Kier molecular flexibility index (Phi) is 2.96. The van der Waals surface area contributed by atoms with Crippen molar-refractivity contribution >= 4 is 5.97 Å². The zero-order valence-corrected chi connectivity index (χ0v) is 8.93. The monoisotopic (exact) mass is 223 g/mol. The van der Waals surface area contributed by atoms with Crippen molar-refractivity contribution in [1.29, 1.82) is 0 Å². The first-order valence-corrected chi connectivity index (χ1v) is 4.98. The maximum absolute atomic E-state index is 11.5. The lowest BCUT2D eigenvalue weighted by atomic mass is 10.2. The van der Waals surface area contributed by atoms with Crippen LogP contribution in [0.1, 0.15) is 16.8 Å². The van der Waals surface area contributed by atoms with E-state index in [1.54, 1.807) is 18.2 Å². The van der Waals surface area contributed by atoms with Crippen molar-refractivity contribution in [1.82, 2.24) is 0 Å². The van der Waals surface area contributed by atoms with Gasteiger partial charge in [0.1, 0.15) is 5.56 Å². The molecule has 0 saturated heterocycles. The van der Waals surface area contributed by atoms with E-state index in [9.17, 15) is 4.79 Å². The molecule has 1 aromatic rings. The topological polar surface area (TPSA) is 70.8 Å². The summed E-state index contributed by atoms with van der Waals surface area (Å²) < 4.78 is 15.6. The van der Waals surface area contributed by atoms with E-state index in [1.807, 2.05) is 0 Å². The van der Waals surface area contributed by atoms with Crippen molar-refractivity contribution in [3.63, 3.8) is 0 Å². The molecule has 0 fully saturated rings. The standard InChI is InChI=1S/C11H13NO4/c1-14-11(13)7-3-2-4-8-10(7)15-6-5-9(12)16-8/h2-4,9H,5-6,12H2,1H3. The van der Waals surface area contributed by atoms with Gasteiger partial charge in [-0.25, -0.2) is 4.79 Å². The van der Waals surface area contributed by atoms with E-state index >= 15 is 0 Å². The van der Waals surface area contributed by atoms with Gasteiger partial charge >= 0.3 is 5.97 Å². The first-order chi connectivity index (χ1) is 7.72. The lowest BCUT2D eigenvalue weighted by Crippen LogP contribution is -2.27. The molecule has 1 aromatic carbocycles. The van der Waals surface area contributed by atoms with E-state index in [-0.39, 0.29) is 0 Å². The van der Waals surface area contributed by atoms with Crippen LogP contribution in [0.15, 0.2) is 18.2 Å². The summed E-state index contributed by atoms with van der Waals surface area (Å²) in [6, 6.07) is 5.05. The number of ether oxygens (including phenoxy) is 3. The molecule has 1 unspecified atom stereocenters. The molecule has 2 N–H and O–H groups in total. The number of nitrogens with two attached hydrogens (primary N) is 1. The summed E-state index contributed by atoms with van der Waals surface area (Å²) in [5, 5.41) is 0. The molecule has 0 spiro atoms. The zero-order valence-electron chi connectivity index (χ0n) is 8.93. The Morgan fingerprint density at radius 3 is 3.12 bits per heavy atom. The second-order valence-corrected chi connectivity index (χ2v) is 3.42. The Balaban J connectivity index is 2.42. The summed E-state index contributed by atoms with van der Waals surface area (Å²) in [7, 11) is 1.32. The van der Waals surface area contributed by atoms with Gasteiger partial charge in [-0.2, -0.15) is 0 Å². The molecule has 0 aromatic heterocycles. The highest BCUT2D eigenvalue weighted by Crippen LogP contribution is 2.34. The van der Waals surface area contributed by atoms with Crippen molar-refractivity contribution in [2.45, 2.75) is 12.6 Å². The van der Waals surface area contributed by atoms with Gasteiger partial charge in [-0.3, -0.25) is 5.73 Å². The number of methoxy groups -OCH3 is 1. The molecule has 0 bridgehead atoms. The second kappa shape index (κ2) is 4.40. The van der Waals surface area contributed by atoms with Crippen molar-refractivity contribution in [3.8, 4) is 11.5 Å². The van der Waals surface area contributed by atoms with E-state index in [0.29, 0.717) is 30.1 Å². The van der Waals surface area contributed by atoms with Crippen LogP contribution < -0.4 is 15.2 Å². The molecule has 1 aliphatic heterocycles. The molecule has 1 aliphatic rings. The molecule has 0 amide bonds. The lowest BCUT2D eigenvalue weighted by molar-refractivity contribution is 0.0596. The van der Waals surface area contributed by atoms with E-state index in [1.165, 1.54) is 7.11 Å². The molecule has 1 heterocycles. The average Bonchev–Trinajstić information content (AvgIpc) is 2.48. The van der Waals surface area contributed by atoms with Gasteiger partial charge in [0, 0.05) is 6.42 Å². The highest BCUT2D eigenvalue weighted by molar-refractivity contribution is 5.93. The summed E-state index contributed by atoms with van der Waals surface area (Å²) in [5.74, 6) is 0.436.